The van der Waals surface area contributed by atoms with Gasteiger partial charge in [0.1, 0.15) is 0 Å². The number of nitrogens with one attached hydrogen (secondary N) is 1. The minimum Gasteiger partial charge on any atom is -0.504 e. The molecule has 0 radical (unpaired) electrons. The molecule has 1 aromatic rings. The van der Waals surface area contributed by atoms with Crippen molar-refractivity contribution in [2.75, 3.05) is 33.5 Å². The van der Waals surface area contributed by atoms with E-state index in [4.69, 9.17) is 4.74 Å². The molecule has 1 aromatic carbocycles. The van der Waals surface area contributed by atoms with Crippen molar-refractivity contribution < 1.29 is 18.3 Å². The highest BCUT2D eigenvalue weighted by Gasteiger charge is 2.14. The third kappa shape index (κ3) is 4.36. The fraction of sp³-hybridized carbons (Fsp3) is 0.538. The van der Waals surface area contributed by atoms with Crippen LogP contribution in [0.1, 0.15) is 18.5 Å². The zero-order valence-corrected chi connectivity index (χ0v) is 13.1. The average molecular weight is 302 g/mol. The highest BCUT2D eigenvalue weighted by atomic mass is 32.2. The maximum atomic E-state index is 11.6. The second-order valence-electron chi connectivity index (χ2n) is 4.71. The van der Waals surface area contributed by atoms with Gasteiger partial charge in [-0.1, -0.05) is 6.07 Å². The van der Waals surface area contributed by atoms with Gasteiger partial charge in [-0.15, -0.1) is 0 Å². The lowest BCUT2D eigenvalue weighted by atomic mass is 10.1. The summed E-state index contributed by atoms with van der Waals surface area (Å²) in [5, 5.41) is 12.7. The third-order valence-electron chi connectivity index (χ3n) is 3.07. The number of sulfonamides is 1. The predicted molar refractivity (Wildman–Crippen MR) is 78.6 cm³/mol. The molecule has 0 saturated carbocycles. The summed E-state index contributed by atoms with van der Waals surface area (Å²) in [6.45, 7) is 2.28. The number of hydrogen-bond acceptors (Lipinski definition) is 5. The Labute approximate surface area is 120 Å². The summed E-state index contributed by atoms with van der Waals surface area (Å²) in [5.41, 5.74) is 0.918. The van der Waals surface area contributed by atoms with E-state index >= 15 is 0 Å². The molecule has 0 amide bonds. The highest BCUT2D eigenvalue weighted by molar-refractivity contribution is 7.89. The summed E-state index contributed by atoms with van der Waals surface area (Å²) < 4.78 is 29.5. The van der Waals surface area contributed by atoms with Gasteiger partial charge >= 0.3 is 0 Å². The first-order valence-corrected chi connectivity index (χ1v) is 7.89. The fourth-order valence-corrected chi connectivity index (χ4v) is 2.41. The predicted octanol–water partition coefficient (Wildman–Crippen LogP) is 0.943. The average Bonchev–Trinajstić information content (AvgIpc) is 2.38. The minimum atomic E-state index is -3.19. The molecule has 0 bridgehead atoms. The number of nitrogens with zero attached hydrogens (tertiary/aromatic N) is 1. The Morgan fingerprint density at radius 3 is 2.60 bits per heavy atom. The molecule has 1 unspecified atom stereocenters. The van der Waals surface area contributed by atoms with Crippen molar-refractivity contribution >= 4 is 10.0 Å². The van der Waals surface area contributed by atoms with Crippen molar-refractivity contribution in [1.82, 2.24) is 9.62 Å². The molecule has 0 spiro atoms. The number of benzene rings is 1. The van der Waals surface area contributed by atoms with Gasteiger partial charge in [-0.25, -0.2) is 12.7 Å². The molecule has 6 nitrogen and oxygen atoms in total. The van der Waals surface area contributed by atoms with E-state index in [0.29, 0.717) is 12.3 Å². The number of ether oxygens (including phenoxy) is 1. The van der Waals surface area contributed by atoms with Gasteiger partial charge in [0.15, 0.2) is 11.5 Å². The van der Waals surface area contributed by atoms with E-state index in [1.54, 1.807) is 18.2 Å². The zero-order valence-electron chi connectivity index (χ0n) is 12.3. The molecule has 0 fully saturated rings. The zero-order chi connectivity index (χ0) is 15.3. The van der Waals surface area contributed by atoms with E-state index in [-0.39, 0.29) is 17.5 Å². The number of hydrogen-bond donors (Lipinski definition) is 2. The van der Waals surface area contributed by atoms with Crippen LogP contribution in [0.25, 0.3) is 0 Å². The molecular formula is C13H22N2O4S. The number of rotatable bonds is 7. The molecule has 7 heteroatoms. The van der Waals surface area contributed by atoms with E-state index < -0.39 is 10.0 Å². The molecule has 1 atom stereocenters. The van der Waals surface area contributed by atoms with Crippen LogP contribution in [0.3, 0.4) is 0 Å². The number of phenolic OH excluding ortho intramolecular Hbond substituents is 1. The normalized spacial score (nSPS) is 13.4. The van der Waals surface area contributed by atoms with Crippen LogP contribution < -0.4 is 10.1 Å². The summed E-state index contributed by atoms with van der Waals surface area (Å²) in [6, 6.07) is 5.02. The highest BCUT2D eigenvalue weighted by Crippen LogP contribution is 2.28. The van der Waals surface area contributed by atoms with Crippen LogP contribution in [-0.2, 0) is 10.0 Å². The van der Waals surface area contributed by atoms with Crippen molar-refractivity contribution in [2.45, 2.75) is 13.0 Å². The molecule has 0 aliphatic rings. The van der Waals surface area contributed by atoms with Crippen LogP contribution in [0.15, 0.2) is 18.2 Å². The minimum absolute atomic E-state index is 0.0399. The Morgan fingerprint density at radius 2 is 2.05 bits per heavy atom. The number of methoxy groups -OCH3 is 1. The molecule has 0 aliphatic carbocycles. The molecular weight excluding hydrogens is 280 g/mol. The van der Waals surface area contributed by atoms with Crippen LogP contribution in [0.4, 0.5) is 0 Å². The van der Waals surface area contributed by atoms with E-state index in [1.807, 2.05) is 6.92 Å². The van der Waals surface area contributed by atoms with Crippen molar-refractivity contribution in [3.05, 3.63) is 23.8 Å². The van der Waals surface area contributed by atoms with Crippen LogP contribution in [0.5, 0.6) is 11.5 Å². The molecule has 0 aromatic heterocycles. The van der Waals surface area contributed by atoms with Gasteiger partial charge in [-0.05, 0) is 24.6 Å². The van der Waals surface area contributed by atoms with Gasteiger partial charge in [0.25, 0.3) is 0 Å². The molecule has 2 N–H and O–H groups in total. The van der Waals surface area contributed by atoms with Crippen molar-refractivity contribution in [3.8, 4) is 11.5 Å². The molecule has 0 aliphatic heterocycles. The Morgan fingerprint density at radius 1 is 1.40 bits per heavy atom. The van der Waals surface area contributed by atoms with Crippen molar-refractivity contribution in [3.63, 3.8) is 0 Å². The van der Waals surface area contributed by atoms with E-state index in [9.17, 15) is 13.5 Å². The SMILES string of the molecule is COc1cc(C(C)NCCS(=O)(=O)N(C)C)ccc1O. The van der Waals surface area contributed by atoms with Gasteiger partial charge in [0.2, 0.25) is 10.0 Å². The largest absolute Gasteiger partial charge is 0.504 e. The second kappa shape index (κ2) is 6.92. The molecule has 0 heterocycles. The first kappa shape index (κ1) is 16.7. The summed E-state index contributed by atoms with van der Waals surface area (Å²) in [7, 11) is 1.33. The summed E-state index contributed by atoms with van der Waals surface area (Å²) >= 11 is 0. The van der Waals surface area contributed by atoms with Crippen LogP contribution in [0.2, 0.25) is 0 Å². The molecule has 0 saturated heterocycles. The monoisotopic (exact) mass is 302 g/mol. The summed E-state index contributed by atoms with van der Waals surface area (Å²) in [6.07, 6.45) is 0. The molecule has 20 heavy (non-hydrogen) atoms. The topological polar surface area (TPSA) is 78.9 Å². The Kier molecular flexibility index (Phi) is 5.79. The van der Waals surface area contributed by atoms with E-state index in [2.05, 4.69) is 5.32 Å². The maximum Gasteiger partial charge on any atom is 0.214 e. The quantitative estimate of drug-likeness (QED) is 0.784. The Bertz CT molecular complexity index is 543. The van der Waals surface area contributed by atoms with Crippen molar-refractivity contribution in [1.29, 1.82) is 0 Å². The fourth-order valence-electron chi connectivity index (χ4n) is 1.67. The Hall–Kier alpha value is -1.31. The first-order chi connectivity index (χ1) is 9.27. The summed E-state index contributed by atoms with van der Waals surface area (Å²) in [4.78, 5) is 0. The molecule has 1 rings (SSSR count). The lowest BCUT2D eigenvalue weighted by molar-refractivity contribution is 0.372. The van der Waals surface area contributed by atoms with Crippen molar-refractivity contribution in [2.24, 2.45) is 0 Å². The standard InChI is InChI=1S/C13H22N2O4S/c1-10(14-7-8-20(17,18)15(2)3)11-5-6-12(16)13(9-11)19-4/h5-6,9-10,14,16H,7-8H2,1-4H3. The lowest BCUT2D eigenvalue weighted by Gasteiger charge is -2.17. The van der Waals surface area contributed by atoms with Gasteiger partial charge in [0, 0.05) is 26.7 Å². The van der Waals surface area contributed by atoms with Crippen LogP contribution >= 0.6 is 0 Å². The lowest BCUT2D eigenvalue weighted by Crippen LogP contribution is -2.32. The number of aromatic hydroxyl groups is 1. The maximum absolute atomic E-state index is 11.6. The van der Waals surface area contributed by atoms with Crippen LogP contribution in [-0.4, -0.2) is 51.3 Å². The first-order valence-electron chi connectivity index (χ1n) is 6.28. The molecule has 114 valence electrons. The van der Waals surface area contributed by atoms with Gasteiger partial charge < -0.3 is 15.2 Å². The Balaban J connectivity index is 2.62. The summed E-state index contributed by atoms with van der Waals surface area (Å²) in [5.74, 6) is 0.523. The van der Waals surface area contributed by atoms with Gasteiger partial charge in [-0.2, -0.15) is 0 Å². The van der Waals surface area contributed by atoms with E-state index in [1.165, 1.54) is 25.5 Å². The van der Waals surface area contributed by atoms with E-state index in [0.717, 1.165) is 5.56 Å². The van der Waals surface area contributed by atoms with Gasteiger partial charge in [-0.3, -0.25) is 0 Å². The van der Waals surface area contributed by atoms with Gasteiger partial charge in [0.05, 0.1) is 12.9 Å². The number of phenols is 1. The second-order valence-corrected chi connectivity index (χ2v) is 7.01. The third-order valence-corrected chi connectivity index (χ3v) is 4.90. The smallest absolute Gasteiger partial charge is 0.214 e. The van der Waals surface area contributed by atoms with Crippen LogP contribution in [0, 0.1) is 0 Å².